The maximum atomic E-state index is 12.5. The van der Waals surface area contributed by atoms with Crippen LogP contribution in [-0.4, -0.2) is 25.2 Å². The molecule has 0 heterocycles. The van der Waals surface area contributed by atoms with Crippen molar-refractivity contribution < 1.29 is 19.1 Å². The van der Waals surface area contributed by atoms with Gasteiger partial charge in [0, 0.05) is 5.57 Å². The molecule has 0 amide bonds. The molecule has 0 unspecified atom stereocenters. The summed E-state index contributed by atoms with van der Waals surface area (Å²) in [6, 6.07) is 0. The third-order valence-corrected chi connectivity index (χ3v) is 4.04. The molecule has 1 rings (SSSR count). The van der Waals surface area contributed by atoms with Gasteiger partial charge in [-0.25, -0.2) is 9.59 Å². The maximum absolute atomic E-state index is 12.5. The van der Waals surface area contributed by atoms with Gasteiger partial charge in [0.05, 0.1) is 18.8 Å². The van der Waals surface area contributed by atoms with E-state index >= 15 is 0 Å². The summed E-state index contributed by atoms with van der Waals surface area (Å²) >= 11 is 0. The topological polar surface area (TPSA) is 52.6 Å². The first-order chi connectivity index (χ1) is 10.8. The lowest BCUT2D eigenvalue weighted by atomic mass is 9.82. The van der Waals surface area contributed by atoms with Gasteiger partial charge in [-0.05, 0) is 37.5 Å². The van der Waals surface area contributed by atoms with Gasteiger partial charge in [0.2, 0.25) is 0 Å². The number of hydrogen-bond acceptors (Lipinski definition) is 4. The number of carbonyl (C=O) groups is 2. The molecular formula is C19H32O4. The molecule has 0 aromatic rings. The molecule has 0 aliphatic heterocycles. The summed E-state index contributed by atoms with van der Waals surface area (Å²) < 4.78 is 10.7. The molecule has 1 saturated carbocycles. The van der Waals surface area contributed by atoms with Crippen LogP contribution in [0.4, 0.5) is 0 Å². The van der Waals surface area contributed by atoms with Crippen LogP contribution >= 0.6 is 0 Å². The van der Waals surface area contributed by atoms with Gasteiger partial charge < -0.3 is 9.47 Å². The molecule has 0 radical (unpaired) electrons. The van der Waals surface area contributed by atoms with Crippen molar-refractivity contribution in [1.29, 1.82) is 0 Å². The number of carbonyl (C=O) groups excluding carboxylic acids is 2. The molecular weight excluding hydrogens is 292 g/mol. The number of hydrogen-bond donors (Lipinski definition) is 0. The third kappa shape index (κ3) is 6.76. The van der Waals surface area contributed by atoms with E-state index in [0.717, 1.165) is 25.7 Å². The Balaban J connectivity index is 2.93. The minimum absolute atomic E-state index is 0.120. The standard InChI is InChI=1S/C19H32O4/c1-13(2)11-22-18(20)15(5)17(16-9-7-6-8-10-16)19(21)23-12-14(3)4/h13-14,16H,6-12H2,1-5H3/b17-15-. The normalized spacial score (nSPS) is 17.2. The highest BCUT2D eigenvalue weighted by molar-refractivity contribution is 6.00. The second-order valence-corrected chi connectivity index (χ2v) is 7.36. The van der Waals surface area contributed by atoms with Crippen molar-refractivity contribution in [1.82, 2.24) is 0 Å². The fourth-order valence-electron chi connectivity index (χ4n) is 2.80. The Morgan fingerprint density at radius 1 is 0.870 bits per heavy atom. The van der Waals surface area contributed by atoms with Crippen LogP contribution in [0.25, 0.3) is 0 Å². The molecule has 4 heteroatoms. The fourth-order valence-corrected chi connectivity index (χ4v) is 2.80. The molecule has 0 spiro atoms. The molecule has 1 aliphatic carbocycles. The minimum atomic E-state index is -0.388. The second kappa shape index (κ2) is 9.74. The van der Waals surface area contributed by atoms with Crippen molar-refractivity contribution in [3.05, 3.63) is 11.1 Å². The molecule has 23 heavy (non-hydrogen) atoms. The van der Waals surface area contributed by atoms with Crippen molar-refractivity contribution >= 4 is 11.9 Å². The molecule has 0 bridgehead atoms. The van der Waals surface area contributed by atoms with Gasteiger partial charge in [-0.1, -0.05) is 47.0 Å². The summed E-state index contributed by atoms with van der Waals surface area (Å²) in [5.74, 6) is -0.0575. The van der Waals surface area contributed by atoms with Gasteiger partial charge in [-0.15, -0.1) is 0 Å². The third-order valence-electron chi connectivity index (χ3n) is 4.04. The highest BCUT2D eigenvalue weighted by atomic mass is 16.5. The number of esters is 2. The van der Waals surface area contributed by atoms with Gasteiger partial charge in [-0.2, -0.15) is 0 Å². The van der Waals surface area contributed by atoms with E-state index in [-0.39, 0.29) is 29.7 Å². The smallest absolute Gasteiger partial charge is 0.334 e. The summed E-state index contributed by atoms with van der Waals surface area (Å²) in [7, 11) is 0. The fraction of sp³-hybridized carbons (Fsp3) is 0.789. The van der Waals surface area contributed by atoms with Crippen LogP contribution in [0, 0.1) is 17.8 Å². The highest BCUT2D eigenvalue weighted by Gasteiger charge is 2.29. The zero-order chi connectivity index (χ0) is 17.4. The van der Waals surface area contributed by atoms with E-state index < -0.39 is 0 Å². The van der Waals surface area contributed by atoms with E-state index in [1.165, 1.54) is 6.42 Å². The van der Waals surface area contributed by atoms with Crippen molar-refractivity contribution in [2.75, 3.05) is 13.2 Å². The quantitative estimate of drug-likeness (QED) is 0.518. The monoisotopic (exact) mass is 324 g/mol. The van der Waals surface area contributed by atoms with Crippen molar-refractivity contribution in [3.8, 4) is 0 Å². The molecule has 0 aromatic heterocycles. The average molecular weight is 324 g/mol. The highest BCUT2D eigenvalue weighted by Crippen LogP contribution is 2.32. The summed E-state index contributed by atoms with van der Waals surface area (Å²) in [6.45, 7) is 10.4. The molecule has 0 atom stereocenters. The lowest BCUT2D eigenvalue weighted by molar-refractivity contribution is -0.144. The van der Waals surface area contributed by atoms with E-state index in [4.69, 9.17) is 9.47 Å². The summed E-state index contributed by atoms with van der Waals surface area (Å²) in [5, 5.41) is 0. The predicted octanol–water partition coefficient (Wildman–Crippen LogP) is 4.28. The molecule has 0 N–H and O–H groups in total. The number of ether oxygens (including phenoxy) is 2. The van der Waals surface area contributed by atoms with E-state index in [2.05, 4.69) is 0 Å². The first-order valence-corrected chi connectivity index (χ1v) is 8.87. The van der Waals surface area contributed by atoms with Gasteiger partial charge in [0.15, 0.2) is 0 Å². The predicted molar refractivity (Wildman–Crippen MR) is 90.9 cm³/mol. The Morgan fingerprint density at radius 2 is 1.35 bits per heavy atom. The zero-order valence-electron chi connectivity index (χ0n) is 15.3. The Labute approximate surface area is 140 Å². The Kier molecular flexibility index (Phi) is 8.35. The first-order valence-electron chi connectivity index (χ1n) is 8.87. The molecule has 1 aliphatic rings. The first kappa shape index (κ1) is 19.7. The number of rotatable bonds is 7. The van der Waals surface area contributed by atoms with Crippen LogP contribution < -0.4 is 0 Å². The summed E-state index contributed by atoms with van der Waals surface area (Å²) in [6.07, 6.45) is 5.28. The molecule has 4 nitrogen and oxygen atoms in total. The Hall–Kier alpha value is -1.32. The SMILES string of the molecule is C/C(C(=O)OCC(C)C)=C(/C(=O)OCC(C)C)C1CCCCC1. The van der Waals surface area contributed by atoms with Gasteiger partial charge >= 0.3 is 11.9 Å². The molecule has 1 fully saturated rings. The second-order valence-electron chi connectivity index (χ2n) is 7.36. The van der Waals surface area contributed by atoms with Crippen LogP contribution in [0.2, 0.25) is 0 Å². The van der Waals surface area contributed by atoms with E-state index in [1.54, 1.807) is 6.92 Å². The molecule has 132 valence electrons. The van der Waals surface area contributed by atoms with Crippen LogP contribution in [0.1, 0.15) is 66.7 Å². The zero-order valence-corrected chi connectivity index (χ0v) is 15.3. The summed E-state index contributed by atoms with van der Waals surface area (Å²) in [4.78, 5) is 24.8. The average Bonchev–Trinajstić information content (AvgIpc) is 2.51. The van der Waals surface area contributed by atoms with E-state index in [9.17, 15) is 9.59 Å². The van der Waals surface area contributed by atoms with Crippen LogP contribution in [0.3, 0.4) is 0 Å². The van der Waals surface area contributed by atoms with Gasteiger partial charge in [0.25, 0.3) is 0 Å². The van der Waals surface area contributed by atoms with E-state index in [0.29, 0.717) is 24.4 Å². The minimum Gasteiger partial charge on any atom is -0.462 e. The van der Waals surface area contributed by atoms with Crippen molar-refractivity contribution in [2.24, 2.45) is 17.8 Å². The van der Waals surface area contributed by atoms with Gasteiger partial charge in [0.1, 0.15) is 0 Å². The lowest BCUT2D eigenvalue weighted by Crippen LogP contribution is -2.24. The van der Waals surface area contributed by atoms with Crippen molar-refractivity contribution in [2.45, 2.75) is 66.7 Å². The Morgan fingerprint density at radius 3 is 1.83 bits per heavy atom. The largest absolute Gasteiger partial charge is 0.462 e. The van der Waals surface area contributed by atoms with Crippen LogP contribution in [0.5, 0.6) is 0 Å². The Bertz CT molecular complexity index is 429. The van der Waals surface area contributed by atoms with Crippen molar-refractivity contribution in [3.63, 3.8) is 0 Å². The van der Waals surface area contributed by atoms with Crippen LogP contribution in [0.15, 0.2) is 11.1 Å². The maximum Gasteiger partial charge on any atom is 0.334 e. The lowest BCUT2D eigenvalue weighted by Gasteiger charge is -2.25. The van der Waals surface area contributed by atoms with E-state index in [1.807, 2.05) is 27.7 Å². The molecule has 0 saturated heterocycles. The summed E-state index contributed by atoms with van der Waals surface area (Å²) in [5.41, 5.74) is 0.963. The van der Waals surface area contributed by atoms with Gasteiger partial charge in [-0.3, -0.25) is 0 Å². The van der Waals surface area contributed by atoms with Crippen LogP contribution in [-0.2, 0) is 19.1 Å². The molecule has 0 aromatic carbocycles.